The molecule has 1 atom stereocenters. The number of fused-ring (bicyclic) bond motifs is 1. The van der Waals surface area contributed by atoms with Gasteiger partial charge < -0.3 is 10.6 Å². The molecule has 138 valence electrons. The second kappa shape index (κ2) is 7.02. The van der Waals surface area contributed by atoms with Crippen LogP contribution in [-0.4, -0.2) is 12.5 Å². The number of hydrogen-bond acceptors (Lipinski definition) is 2. The van der Waals surface area contributed by atoms with Gasteiger partial charge in [0.05, 0.1) is 5.56 Å². The molecule has 3 rings (SSSR count). The summed E-state index contributed by atoms with van der Waals surface area (Å²) in [6, 6.07) is 10.7. The SMILES string of the molecule is CC(CC(=O)N1CCCc2c(N)cccc21)c1cccc(C(F)(F)F)c1. The molecule has 26 heavy (non-hydrogen) atoms. The first-order chi connectivity index (χ1) is 12.3. The minimum absolute atomic E-state index is 0.0959. The second-order valence-corrected chi connectivity index (χ2v) is 6.72. The normalized spacial score (nSPS) is 15.5. The van der Waals surface area contributed by atoms with Gasteiger partial charge in [0, 0.05) is 24.3 Å². The van der Waals surface area contributed by atoms with Gasteiger partial charge in [0.25, 0.3) is 0 Å². The van der Waals surface area contributed by atoms with Gasteiger partial charge in [-0.3, -0.25) is 4.79 Å². The molecule has 0 saturated heterocycles. The molecular formula is C20H21F3N2O. The summed E-state index contributed by atoms with van der Waals surface area (Å²) in [5.74, 6) is -0.405. The number of rotatable bonds is 3. The molecule has 1 heterocycles. The lowest BCUT2D eigenvalue weighted by Crippen LogP contribution is -2.36. The van der Waals surface area contributed by atoms with Gasteiger partial charge in [-0.2, -0.15) is 13.2 Å². The van der Waals surface area contributed by atoms with E-state index in [1.54, 1.807) is 17.9 Å². The van der Waals surface area contributed by atoms with E-state index in [1.807, 2.05) is 18.2 Å². The van der Waals surface area contributed by atoms with E-state index in [-0.39, 0.29) is 18.2 Å². The number of benzene rings is 2. The number of nitrogen functional groups attached to an aromatic ring is 1. The van der Waals surface area contributed by atoms with Crippen LogP contribution in [0.4, 0.5) is 24.5 Å². The van der Waals surface area contributed by atoms with Gasteiger partial charge in [-0.15, -0.1) is 0 Å². The van der Waals surface area contributed by atoms with Gasteiger partial charge in [-0.25, -0.2) is 0 Å². The van der Waals surface area contributed by atoms with Crippen molar-refractivity contribution in [2.75, 3.05) is 17.2 Å². The van der Waals surface area contributed by atoms with Gasteiger partial charge in [-0.05, 0) is 48.1 Å². The number of halogens is 3. The quantitative estimate of drug-likeness (QED) is 0.800. The van der Waals surface area contributed by atoms with Crippen molar-refractivity contribution in [3.63, 3.8) is 0 Å². The van der Waals surface area contributed by atoms with Gasteiger partial charge in [0.2, 0.25) is 5.91 Å². The third kappa shape index (κ3) is 3.69. The monoisotopic (exact) mass is 362 g/mol. The fourth-order valence-electron chi connectivity index (χ4n) is 3.42. The summed E-state index contributed by atoms with van der Waals surface area (Å²) in [7, 11) is 0. The number of alkyl halides is 3. The Balaban J connectivity index is 1.78. The van der Waals surface area contributed by atoms with Crippen molar-refractivity contribution >= 4 is 17.3 Å². The number of nitrogens with zero attached hydrogens (tertiary/aromatic N) is 1. The molecule has 0 spiro atoms. The highest BCUT2D eigenvalue weighted by molar-refractivity contribution is 5.95. The van der Waals surface area contributed by atoms with Gasteiger partial charge >= 0.3 is 6.18 Å². The summed E-state index contributed by atoms with van der Waals surface area (Å²) >= 11 is 0. The Hall–Kier alpha value is -2.50. The van der Waals surface area contributed by atoms with Crippen LogP contribution < -0.4 is 10.6 Å². The summed E-state index contributed by atoms with van der Waals surface area (Å²) in [5, 5.41) is 0. The Kier molecular flexibility index (Phi) is 4.94. The third-order valence-electron chi connectivity index (χ3n) is 4.85. The summed E-state index contributed by atoms with van der Waals surface area (Å²) in [4.78, 5) is 14.5. The standard InChI is InChI=1S/C20H21F3N2O/c1-13(14-5-2-6-15(12-14)20(21,22)23)11-19(26)25-10-4-7-16-17(24)8-3-9-18(16)25/h2-3,5-6,8-9,12-13H,4,7,10-11,24H2,1H3. The molecule has 3 nitrogen and oxygen atoms in total. The van der Waals surface area contributed by atoms with Crippen molar-refractivity contribution < 1.29 is 18.0 Å². The van der Waals surface area contributed by atoms with Crippen LogP contribution in [0.5, 0.6) is 0 Å². The topological polar surface area (TPSA) is 46.3 Å². The van der Waals surface area contributed by atoms with Crippen molar-refractivity contribution in [3.05, 3.63) is 59.2 Å². The maximum absolute atomic E-state index is 12.9. The average Bonchev–Trinajstić information content (AvgIpc) is 2.61. The van der Waals surface area contributed by atoms with E-state index in [0.717, 1.165) is 36.2 Å². The van der Waals surface area contributed by atoms with Crippen molar-refractivity contribution in [2.45, 2.75) is 38.3 Å². The largest absolute Gasteiger partial charge is 0.416 e. The minimum atomic E-state index is -4.39. The number of hydrogen-bond donors (Lipinski definition) is 1. The molecule has 0 saturated carbocycles. The number of carbonyl (C=O) groups is 1. The van der Waals surface area contributed by atoms with E-state index < -0.39 is 11.7 Å². The molecule has 0 aromatic heterocycles. The molecule has 6 heteroatoms. The van der Waals surface area contributed by atoms with E-state index in [0.29, 0.717) is 17.8 Å². The number of nitrogens with two attached hydrogens (primary N) is 1. The predicted octanol–water partition coefficient (Wildman–Crippen LogP) is 4.76. The molecule has 2 aromatic carbocycles. The van der Waals surface area contributed by atoms with Crippen molar-refractivity contribution in [2.24, 2.45) is 0 Å². The first kappa shape index (κ1) is 18.3. The lowest BCUT2D eigenvalue weighted by Gasteiger charge is -2.31. The summed E-state index contributed by atoms with van der Waals surface area (Å²) in [6.07, 6.45) is -2.58. The van der Waals surface area contributed by atoms with E-state index in [9.17, 15) is 18.0 Å². The molecule has 0 bridgehead atoms. The van der Waals surface area contributed by atoms with Crippen LogP contribution in [0, 0.1) is 0 Å². The lowest BCUT2D eigenvalue weighted by atomic mass is 9.94. The molecule has 2 N–H and O–H groups in total. The number of anilines is 2. The van der Waals surface area contributed by atoms with Crippen LogP contribution in [-0.2, 0) is 17.4 Å². The van der Waals surface area contributed by atoms with Gasteiger partial charge in [0.15, 0.2) is 0 Å². The minimum Gasteiger partial charge on any atom is -0.398 e. The van der Waals surface area contributed by atoms with Crippen LogP contribution in [0.25, 0.3) is 0 Å². The van der Waals surface area contributed by atoms with E-state index in [2.05, 4.69) is 0 Å². The van der Waals surface area contributed by atoms with Gasteiger partial charge in [0.1, 0.15) is 0 Å². The van der Waals surface area contributed by atoms with Crippen LogP contribution in [0.1, 0.15) is 42.4 Å². The van der Waals surface area contributed by atoms with Crippen LogP contribution in [0.3, 0.4) is 0 Å². The maximum Gasteiger partial charge on any atom is 0.416 e. The summed E-state index contributed by atoms with van der Waals surface area (Å²) < 4.78 is 38.7. The first-order valence-electron chi connectivity index (χ1n) is 8.62. The highest BCUT2D eigenvalue weighted by Gasteiger charge is 2.31. The highest BCUT2D eigenvalue weighted by atomic mass is 19.4. The third-order valence-corrected chi connectivity index (χ3v) is 4.85. The molecule has 1 amide bonds. The molecule has 0 aliphatic carbocycles. The smallest absolute Gasteiger partial charge is 0.398 e. The first-order valence-corrected chi connectivity index (χ1v) is 8.62. The Morgan fingerprint density at radius 1 is 1.23 bits per heavy atom. The average molecular weight is 362 g/mol. The Morgan fingerprint density at radius 2 is 1.96 bits per heavy atom. The van der Waals surface area contributed by atoms with Crippen LogP contribution in [0.2, 0.25) is 0 Å². The second-order valence-electron chi connectivity index (χ2n) is 6.72. The molecule has 1 aliphatic rings. The van der Waals surface area contributed by atoms with Crippen molar-refractivity contribution in [1.29, 1.82) is 0 Å². The molecule has 0 radical (unpaired) electrons. The fourth-order valence-corrected chi connectivity index (χ4v) is 3.42. The molecule has 2 aromatic rings. The zero-order chi connectivity index (χ0) is 18.9. The van der Waals surface area contributed by atoms with Crippen LogP contribution in [0.15, 0.2) is 42.5 Å². The Morgan fingerprint density at radius 3 is 2.69 bits per heavy atom. The molecule has 1 unspecified atom stereocenters. The zero-order valence-corrected chi connectivity index (χ0v) is 14.5. The lowest BCUT2D eigenvalue weighted by molar-refractivity contribution is -0.137. The van der Waals surface area contributed by atoms with E-state index >= 15 is 0 Å². The predicted molar refractivity (Wildman–Crippen MR) is 96.0 cm³/mol. The Bertz CT molecular complexity index is 817. The van der Waals surface area contributed by atoms with Gasteiger partial charge in [-0.1, -0.05) is 31.2 Å². The maximum atomic E-state index is 12.9. The summed E-state index contributed by atoms with van der Waals surface area (Å²) in [5.41, 5.74) is 8.29. The zero-order valence-electron chi connectivity index (χ0n) is 14.5. The molecule has 1 aliphatic heterocycles. The highest BCUT2D eigenvalue weighted by Crippen LogP contribution is 2.34. The van der Waals surface area contributed by atoms with E-state index in [4.69, 9.17) is 5.73 Å². The Labute approximate surface area is 150 Å². The van der Waals surface area contributed by atoms with Crippen molar-refractivity contribution in [3.8, 4) is 0 Å². The molecule has 0 fully saturated rings. The van der Waals surface area contributed by atoms with Crippen LogP contribution >= 0.6 is 0 Å². The van der Waals surface area contributed by atoms with Crippen molar-refractivity contribution in [1.82, 2.24) is 0 Å². The number of amides is 1. The van der Waals surface area contributed by atoms with E-state index in [1.165, 1.54) is 6.07 Å². The summed E-state index contributed by atoms with van der Waals surface area (Å²) in [6.45, 7) is 2.38. The fraction of sp³-hybridized carbons (Fsp3) is 0.350. The molecular weight excluding hydrogens is 341 g/mol. The number of carbonyl (C=O) groups excluding carboxylic acids is 1.